The van der Waals surface area contributed by atoms with E-state index in [4.69, 9.17) is 5.73 Å². The van der Waals surface area contributed by atoms with E-state index in [0.717, 1.165) is 24.3 Å². The van der Waals surface area contributed by atoms with Gasteiger partial charge in [0.2, 0.25) is 0 Å². The average Bonchev–Trinajstić information content (AvgIpc) is 2.46. The first-order valence-corrected chi connectivity index (χ1v) is 8.06. The van der Waals surface area contributed by atoms with Gasteiger partial charge >= 0.3 is 0 Å². The highest BCUT2D eigenvalue weighted by molar-refractivity contribution is 7.91. The molecule has 1 aliphatic rings. The number of nitrogens with two attached hydrogens (primary N) is 1. The zero-order valence-corrected chi connectivity index (χ0v) is 11.5. The van der Waals surface area contributed by atoms with E-state index in [9.17, 15) is 8.42 Å². The largest absolute Gasteiger partial charge is 0.398 e. The topological polar surface area (TPSA) is 63.4 Å². The maximum absolute atomic E-state index is 11.5. The van der Waals surface area contributed by atoms with Crippen LogP contribution in [0.2, 0.25) is 0 Å². The van der Waals surface area contributed by atoms with Gasteiger partial charge in [-0.05, 0) is 31.5 Å². The molecule has 4 nitrogen and oxygen atoms in total. The summed E-state index contributed by atoms with van der Waals surface area (Å²) in [4.78, 5) is 2.18. The van der Waals surface area contributed by atoms with Gasteiger partial charge in [-0.15, -0.1) is 0 Å². The summed E-state index contributed by atoms with van der Waals surface area (Å²) in [5, 5.41) is 0. The molecule has 1 aromatic rings. The van der Waals surface area contributed by atoms with Crippen LogP contribution in [0.15, 0.2) is 18.2 Å². The minimum atomic E-state index is -2.84. The molecular formula is C13H20N2O2S. The van der Waals surface area contributed by atoms with Crippen LogP contribution in [0.1, 0.15) is 17.5 Å². The molecule has 100 valence electrons. The van der Waals surface area contributed by atoms with E-state index in [0.29, 0.717) is 18.7 Å². The Morgan fingerprint density at radius 2 is 2.06 bits per heavy atom. The van der Waals surface area contributed by atoms with Crippen molar-refractivity contribution in [3.8, 4) is 0 Å². The Kier molecular flexibility index (Phi) is 3.92. The van der Waals surface area contributed by atoms with Gasteiger partial charge in [0.25, 0.3) is 0 Å². The van der Waals surface area contributed by atoms with Crippen molar-refractivity contribution in [3.63, 3.8) is 0 Å². The molecule has 0 aliphatic carbocycles. The second-order valence-corrected chi connectivity index (χ2v) is 7.29. The van der Waals surface area contributed by atoms with Gasteiger partial charge in [0.05, 0.1) is 11.5 Å². The van der Waals surface area contributed by atoms with Crippen LogP contribution in [0.4, 0.5) is 5.69 Å². The van der Waals surface area contributed by atoms with Gasteiger partial charge in [-0.1, -0.05) is 17.7 Å². The standard InChI is InChI=1S/C13H20N2O2S/c1-11-3-4-13(14)12(9-11)10-15-5-2-7-18(16,17)8-6-15/h3-4,9H,2,5-8,10,14H2,1H3. The van der Waals surface area contributed by atoms with E-state index in [-0.39, 0.29) is 5.75 Å². The third kappa shape index (κ3) is 3.46. The van der Waals surface area contributed by atoms with Gasteiger partial charge in [0, 0.05) is 18.8 Å². The van der Waals surface area contributed by atoms with Gasteiger partial charge in [-0.3, -0.25) is 4.90 Å². The summed E-state index contributed by atoms with van der Waals surface area (Å²) in [7, 11) is -2.84. The molecule has 0 unspecified atom stereocenters. The average molecular weight is 268 g/mol. The van der Waals surface area contributed by atoms with Crippen LogP contribution in [-0.2, 0) is 16.4 Å². The van der Waals surface area contributed by atoms with Gasteiger partial charge in [0.1, 0.15) is 0 Å². The highest BCUT2D eigenvalue weighted by atomic mass is 32.2. The lowest BCUT2D eigenvalue weighted by atomic mass is 10.1. The van der Waals surface area contributed by atoms with Crippen molar-refractivity contribution in [2.24, 2.45) is 0 Å². The van der Waals surface area contributed by atoms with Crippen LogP contribution in [-0.4, -0.2) is 37.9 Å². The van der Waals surface area contributed by atoms with E-state index < -0.39 is 9.84 Å². The van der Waals surface area contributed by atoms with Crippen molar-refractivity contribution in [2.45, 2.75) is 19.9 Å². The second-order valence-electron chi connectivity index (χ2n) is 4.98. The van der Waals surface area contributed by atoms with Crippen LogP contribution in [0.5, 0.6) is 0 Å². The Hall–Kier alpha value is -1.07. The molecule has 0 spiro atoms. The second kappa shape index (κ2) is 5.28. The molecule has 0 atom stereocenters. The lowest BCUT2D eigenvalue weighted by Crippen LogP contribution is -2.27. The van der Waals surface area contributed by atoms with Crippen LogP contribution in [0, 0.1) is 6.92 Å². The number of anilines is 1. The Morgan fingerprint density at radius 3 is 2.83 bits per heavy atom. The van der Waals surface area contributed by atoms with E-state index in [1.54, 1.807) is 0 Å². The van der Waals surface area contributed by atoms with Crippen LogP contribution < -0.4 is 5.73 Å². The predicted octanol–water partition coefficient (Wildman–Crippen LogP) is 1.20. The molecule has 0 amide bonds. The Labute approximate surface area is 109 Å². The third-order valence-electron chi connectivity index (χ3n) is 3.34. The number of sulfone groups is 1. The fourth-order valence-electron chi connectivity index (χ4n) is 2.26. The first kappa shape index (κ1) is 13.4. The third-order valence-corrected chi connectivity index (χ3v) is 5.06. The summed E-state index contributed by atoms with van der Waals surface area (Å²) in [6.07, 6.45) is 0.716. The number of aryl methyl sites for hydroxylation is 1. The number of nitrogens with zero attached hydrogens (tertiary/aromatic N) is 1. The van der Waals surface area contributed by atoms with E-state index in [2.05, 4.69) is 11.0 Å². The summed E-state index contributed by atoms with van der Waals surface area (Å²) >= 11 is 0. The first-order valence-electron chi connectivity index (χ1n) is 6.24. The molecule has 1 aliphatic heterocycles. The smallest absolute Gasteiger partial charge is 0.151 e. The summed E-state index contributed by atoms with van der Waals surface area (Å²) < 4.78 is 23.1. The molecule has 0 saturated carbocycles. The van der Waals surface area contributed by atoms with Crippen molar-refractivity contribution < 1.29 is 8.42 Å². The van der Waals surface area contributed by atoms with Crippen molar-refractivity contribution in [2.75, 3.05) is 30.3 Å². The highest BCUT2D eigenvalue weighted by Crippen LogP contribution is 2.17. The number of benzene rings is 1. The molecule has 2 rings (SSSR count). The van der Waals surface area contributed by atoms with E-state index in [1.165, 1.54) is 5.56 Å². The van der Waals surface area contributed by atoms with E-state index in [1.807, 2.05) is 19.1 Å². The van der Waals surface area contributed by atoms with Gasteiger partial charge < -0.3 is 5.73 Å². The van der Waals surface area contributed by atoms with E-state index >= 15 is 0 Å². The molecular weight excluding hydrogens is 248 g/mol. The number of rotatable bonds is 2. The van der Waals surface area contributed by atoms with Crippen LogP contribution in [0.3, 0.4) is 0 Å². The minimum Gasteiger partial charge on any atom is -0.398 e. The molecule has 1 saturated heterocycles. The Morgan fingerprint density at radius 1 is 1.28 bits per heavy atom. The molecule has 0 aromatic heterocycles. The van der Waals surface area contributed by atoms with Gasteiger partial charge in [0.15, 0.2) is 9.84 Å². The Balaban J connectivity index is 2.07. The molecule has 0 bridgehead atoms. The summed E-state index contributed by atoms with van der Waals surface area (Å²) in [6, 6.07) is 5.99. The minimum absolute atomic E-state index is 0.263. The summed E-state index contributed by atoms with van der Waals surface area (Å²) in [5.74, 6) is 0.575. The number of hydrogen-bond donors (Lipinski definition) is 1. The molecule has 2 N–H and O–H groups in total. The quantitative estimate of drug-likeness (QED) is 0.819. The zero-order valence-electron chi connectivity index (χ0n) is 10.7. The highest BCUT2D eigenvalue weighted by Gasteiger charge is 2.19. The van der Waals surface area contributed by atoms with Gasteiger partial charge in [-0.25, -0.2) is 8.42 Å². The van der Waals surface area contributed by atoms with Crippen LogP contribution in [0.25, 0.3) is 0 Å². The molecule has 18 heavy (non-hydrogen) atoms. The van der Waals surface area contributed by atoms with Crippen molar-refractivity contribution >= 4 is 15.5 Å². The SMILES string of the molecule is Cc1ccc(N)c(CN2CCCS(=O)(=O)CC2)c1. The number of nitrogen functional groups attached to an aromatic ring is 1. The first-order chi connectivity index (χ1) is 8.46. The fraction of sp³-hybridized carbons (Fsp3) is 0.538. The normalized spacial score (nSPS) is 20.5. The fourth-order valence-corrected chi connectivity index (χ4v) is 3.57. The monoisotopic (exact) mass is 268 g/mol. The molecule has 5 heteroatoms. The van der Waals surface area contributed by atoms with Crippen LogP contribution >= 0.6 is 0 Å². The Bertz CT molecular complexity index is 526. The summed E-state index contributed by atoms with van der Waals surface area (Å²) in [6.45, 7) is 4.21. The van der Waals surface area contributed by atoms with Crippen molar-refractivity contribution in [1.82, 2.24) is 4.90 Å². The van der Waals surface area contributed by atoms with Crippen molar-refractivity contribution in [1.29, 1.82) is 0 Å². The predicted molar refractivity (Wildman–Crippen MR) is 74.1 cm³/mol. The van der Waals surface area contributed by atoms with Gasteiger partial charge in [-0.2, -0.15) is 0 Å². The molecule has 1 fully saturated rings. The maximum Gasteiger partial charge on any atom is 0.151 e. The zero-order chi connectivity index (χ0) is 13.2. The summed E-state index contributed by atoms with van der Waals surface area (Å²) in [5.41, 5.74) is 9.01. The lowest BCUT2D eigenvalue weighted by molar-refractivity contribution is 0.287. The molecule has 0 radical (unpaired) electrons. The number of hydrogen-bond acceptors (Lipinski definition) is 4. The van der Waals surface area contributed by atoms with Crippen molar-refractivity contribution in [3.05, 3.63) is 29.3 Å². The lowest BCUT2D eigenvalue weighted by Gasteiger charge is -2.20. The molecule has 1 aromatic carbocycles. The maximum atomic E-state index is 11.5. The molecule has 1 heterocycles.